The number of hydrogen-bond acceptors (Lipinski definition) is 10. The van der Waals surface area contributed by atoms with Gasteiger partial charge in [-0.15, -0.1) is 0 Å². The van der Waals surface area contributed by atoms with Gasteiger partial charge < -0.3 is 28.4 Å². The van der Waals surface area contributed by atoms with Crippen LogP contribution in [0.2, 0.25) is 0 Å². The zero-order valence-corrected chi connectivity index (χ0v) is 46.8. The third-order valence-electron chi connectivity index (χ3n) is 13.5. The van der Waals surface area contributed by atoms with Crippen LogP contribution in [0.3, 0.4) is 0 Å². The van der Waals surface area contributed by atoms with Crippen molar-refractivity contribution in [2.45, 2.75) is 26.4 Å². The molecule has 0 heterocycles. The first-order valence-electron chi connectivity index (χ1n) is 26.4. The van der Waals surface area contributed by atoms with Gasteiger partial charge >= 0.3 is 23.9 Å². The van der Waals surface area contributed by atoms with Gasteiger partial charge in [-0.3, -0.25) is 0 Å². The minimum absolute atomic E-state index is 0.127. The van der Waals surface area contributed by atoms with E-state index in [1.807, 2.05) is 194 Å². The van der Waals surface area contributed by atoms with E-state index in [4.69, 9.17) is 28.4 Å². The number of ether oxygens (including phenoxy) is 6. The summed E-state index contributed by atoms with van der Waals surface area (Å²) in [6, 6.07) is 79.9. The van der Waals surface area contributed by atoms with Crippen LogP contribution in [0, 0.1) is 0 Å². The summed E-state index contributed by atoms with van der Waals surface area (Å²) in [5.41, 5.74) is 6.58. The molecule has 0 fully saturated rings. The lowest BCUT2D eigenvalue weighted by atomic mass is 10.0. The Bertz CT molecular complexity index is 3320. The Morgan fingerprint density at radius 3 is 0.732 bits per heavy atom. The zero-order chi connectivity index (χ0) is 56.6. The third kappa shape index (κ3) is 13.6. The number of hydrogen-bond donors (Lipinski definition) is 0. The van der Waals surface area contributed by atoms with Gasteiger partial charge in [-0.2, -0.15) is 0 Å². The summed E-state index contributed by atoms with van der Waals surface area (Å²) in [5, 5.41) is 5.36. The summed E-state index contributed by atoms with van der Waals surface area (Å²) < 4.78 is 35.7. The van der Waals surface area contributed by atoms with E-state index in [1.165, 1.54) is 0 Å². The lowest BCUT2D eigenvalue weighted by Crippen LogP contribution is -2.27. The molecule has 0 radical (unpaired) electrons. The SMILES string of the molecule is COc1cccc(P(c2ccc(C(=O)OCc3ccccc3)cc2)c2ccc(C(=O)OCc3ccccc3)cc2)c1-c1c(OC)cccc1P(c1ccc(C(=O)OCc2ccccc2)cc1)c1ccc(C(=O)OCc2ccccc2)cc1. The molecule has 0 saturated carbocycles. The van der Waals surface area contributed by atoms with Crippen LogP contribution in [0.5, 0.6) is 11.5 Å². The predicted molar refractivity (Wildman–Crippen MR) is 325 cm³/mol. The van der Waals surface area contributed by atoms with E-state index in [1.54, 1.807) is 62.8 Å². The molecule has 10 aromatic carbocycles. The van der Waals surface area contributed by atoms with Gasteiger partial charge in [0.1, 0.15) is 37.9 Å². The van der Waals surface area contributed by atoms with Gasteiger partial charge in [0.2, 0.25) is 0 Å². The third-order valence-corrected chi connectivity index (χ3v) is 18.4. The monoisotopic (exact) mass is 1120 g/mol. The minimum atomic E-state index is -1.52. The Kier molecular flexibility index (Phi) is 18.5. The zero-order valence-electron chi connectivity index (χ0n) is 45.1. The Morgan fingerprint density at radius 1 is 0.280 bits per heavy atom. The molecule has 0 atom stereocenters. The molecule has 0 N–H and O–H groups in total. The molecule has 406 valence electrons. The molecule has 0 aliphatic heterocycles. The molecule has 10 aromatic rings. The highest BCUT2D eigenvalue weighted by molar-refractivity contribution is 7.80. The fourth-order valence-corrected chi connectivity index (χ4v) is 14.2. The molecule has 0 aliphatic rings. The van der Waals surface area contributed by atoms with E-state index in [2.05, 4.69) is 12.1 Å². The smallest absolute Gasteiger partial charge is 0.338 e. The Labute approximate surface area is 479 Å². The molecule has 10 rings (SSSR count). The van der Waals surface area contributed by atoms with Crippen LogP contribution in [0.15, 0.2) is 255 Å². The molecule has 0 amide bonds. The maximum atomic E-state index is 13.5. The summed E-state index contributed by atoms with van der Waals surface area (Å²) in [6.07, 6.45) is 0. The number of rotatable bonds is 21. The minimum Gasteiger partial charge on any atom is -0.496 e. The molecule has 12 heteroatoms. The number of carbonyl (C=O) groups excluding carboxylic acids is 4. The molecular formula is C70H56O10P2. The number of carbonyl (C=O) groups is 4. The molecule has 82 heavy (non-hydrogen) atoms. The average molecular weight is 1120 g/mol. The van der Waals surface area contributed by atoms with Crippen molar-refractivity contribution >= 4 is 71.5 Å². The number of benzene rings is 10. The quantitative estimate of drug-likeness (QED) is 0.0390. The molecule has 0 bridgehead atoms. The first-order chi connectivity index (χ1) is 40.2. The van der Waals surface area contributed by atoms with Gasteiger partial charge in [-0.1, -0.05) is 194 Å². The first-order valence-corrected chi connectivity index (χ1v) is 29.1. The first kappa shape index (κ1) is 55.8. The van der Waals surface area contributed by atoms with Crippen molar-refractivity contribution in [3.05, 3.63) is 299 Å². The largest absolute Gasteiger partial charge is 0.496 e. The Balaban J connectivity index is 1.08. The van der Waals surface area contributed by atoms with Gasteiger partial charge in [0.25, 0.3) is 0 Å². The highest BCUT2D eigenvalue weighted by Gasteiger charge is 2.31. The van der Waals surface area contributed by atoms with Crippen LogP contribution in [-0.4, -0.2) is 38.1 Å². The van der Waals surface area contributed by atoms with E-state index in [0.717, 1.165) is 65.2 Å². The molecule has 0 spiro atoms. The van der Waals surface area contributed by atoms with Crippen molar-refractivity contribution in [2.75, 3.05) is 14.2 Å². The van der Waals surface area contributed by atoms with Crippen LogP contribution in [-0.2, 0) is 45.4 Å². The van der Waals surface area contributed by atoms with E-state index >= 15 is 0 Å². The van der Waals surface area contributed by atoms with E-state index in [-0.39, 0.29) is 26.4 Å². The molecule has 0 unspecified atom stereocenters. The molecule has 0 aromatic heterocycles. The van der Waals surface area contributed by atoms with Crippen molar-refractivity contribution in [1.82, 2.24) is 0 Å². The van der Waals surface area contributed by atoms with Gasteiger partial charge in [0, 0.05) is 11.1 Å². The van der Waals surface area contributed by atoms with Gasteiger partial charge in [0.15, 0.2) is 0 Å². The second-order valence-electron chi connectivity index (χ2n) is 18.8. The predicted octanol–water partition coefficient (Wildman–Crippen LogP) is 12.3. The van der Waals surface area contributed by atoms with Gasteiger partial charge in [-0.05, 0) is 131 Å². The maximum absolute atomic E-state index is 13.5. The van der Waals surface area contributed by atoms with E-state index in [9.17, 15) is 19.2 Å². The average Bonchev–Trinajstić information content (AvgIpc) is 3.64. The van der Waals surface area contributed by atoms with E-state index < -0.39 is 39.7 Å². The summed E-state index contributed by atoms with van der Waals surface area (Å²) in [4.78, 5) is 54.2. The van der Waals surface area contributed by atoms with Crippen molar-refractivity contribution in [3.63, 3.8) is 0 Å². The van der Waals surface area contributed by atoms with Crippen LogP contribution < -0.4 is 41.3 Å². The summed E-state index contributed by atoms with van der Waals surface area (Å²) in [6.45, 7) is 0.508. The maximum Gasteiger partial charge on any atom is 0.338 e. The highest BCUT2D eigenvalue weighted by atomic mass is 31.1. The second kappa shape index (κ2) is 27.1. The Morgan fingerprint density at radius 2 is 0.512 bits per heavy atom. The van der Waals surface area contributed by atoms with Crippen LogP contribution >= 0.6 is 15.8 Å². The standard InChI is InChI=1S/C70H56O10P2/c1-75-61-25-15-27-63(81(57-37-29-53(30-38-57)67(71)77-45-49-17-7-3-8-18-49)58-39-31-54(32-40-58)68(72)78-46-50-19-9-4-10-20-50)65(61)66-62(76-2)26-16-28-64(66)82(59-41-33-55(34-42-59)69(73)79-47-51-21-11-5-12-22-51)60-43-35-56(36-44-60)70(74)80-48-52-23-13-6-14-24-52/h3-44H,45-48H2,1-2H3. The molecule has 0 saturated heterocycles. The number of esters is 4. The molecular weight excluding hydrogens is 1060 g/mol. The van der Waals surface area contributed by atoms with Crippen LogP contribution in [0.25, 0.3) is 11.1 Å². The molecule has 10 nitrogen and oxygen atoms in total. The fraction of sp³-hybridized carbons (Fsp3) is 0.0857. The Hall–Kier alpha value is -9.46. The topological polar surface area (TPSA) is 124 Å². The lowest BCUT2D eigenvalue weighted by Gasteiger charge is -2.28. The van der Waals surface area contributed by atoms with Crippen LogP contribution in [0.4, 0.5) is 0 Å². The summed E-state index contributed by atoms with van der Waals surface area (Å²) in [5.74, 6) is -0.687. The summed E-state index contributed by atoms with van der Waals surface area (Å²) >= 11 is 0. The normalized spacial score (nSPS) is 10.9. The van der Waals surface area contributed by atoms with Crippen molar-refractivity contribution in [3.8, 4) is 22.6 Å². The van der Waals surface area contributed by atoms with Gasteiger partial charge in [0.05, 0.1) is 36.5 Å². The van der Waals surface area contributed by atoms with Crippen LogP contribution in [0.1, 0.15) is 63.7 Å². The molecule has 0 aliphatic carbocycles. The van der Waals surface area contributed by atoms with Crippen molar-refractivity contribution in [1.29, 1.82) is 0 Å². The van der Waals surface area contributed by atoms with Crippen molar-refractivity contribution < 1.29 is 47.6 Å². The van der Waals surface area contributed by atoms with Crippen molar-refractivity contribution in [2.24, 2.45) is 0 Å². The fourth-order valence-electron chi connectivity index (χ4n) is 9.32. The highest BCUT2D eigenvalue weighted by Crippen LogP contribution is 2.47. The van der Waals surface area contributed by atoms with Gasteiger partial charge in [-0.25, -0.2) is 19.2 Å². The second-order valence-corrected chi connectivity index (χ2v) is 23.2. The number of methoxy groups -OCH3 is 2. The lowest BCUT2D eigenvalue weighted by molar-refractivity contribution is 0.0464. The van der Waals surface area contributed by atoms with E-state index in [0.29, 0.717) is 33.8 Å². The summed E-state index contributed by atoms with van der Waals surface area (Å²) in [7, 11) is 0.234.